The second kappa shape index (κ2) is 7.21. The highest BCUT2D eigenvalue weighted by Gasteiger charge is 2.10. The van der Waals surface area contributed by atoms with E-state index in [0.29, 0.717) is 33.8 Å². The van der Waals surface area contributed by atoms with Crippen LogP contribution in [0.2, 0.25) is 15.1 Å². The first kappa shape index (κ1) is 15.5. The maximum atomic E-state index is 6.06. The summed E-state index contributed by atoms with van der Waals surface area (Å²) in [6.45, 7) is 3.55. The average molecular weight is 334 g/mol. The molecule has 1 aromatic heterocycles. The quantitative estimate of drug-likeness (QED) is 0.753. The van der Waals surface area contributed by atoms with E-state index in [4.69, 9.17) is 39.5 Å². The Morgan fingerprint density at radius 2 is 1.90 bits per heavy atom. The molecule has 0 unspecified atom stereocenters. The van der Waals surface area contributed by atoms with Gasteiger partial charge in [-0.3, -0.25) is 0 Å². The van der Waals surface area contributed by atoms with Crippen molar-refractivity contribution in [3.8, 4) is 5.75 Å². The fraction of sp³-hybridized carbons (Fsp3) is 0.357. The van der Waals surface area contributed by atoms with Gasteiger partial charge in [-0.15, -0.1) is 0 Å². The highest BCUT2D eigenvalue weighted by molar-refractivity contribution is 6.40. The number of nitrogens with zero attached hydrogens (tertiary/aromatic N) is 2. The number of hydrogen-bond acceptors (Lipinski definition) is 2. The van der Waals surface area contributed by atoms with Gasteiger partial charge in [-0.1, -0.05) is 41.7 Å². The van der Waals surface area contributed by atoms with Gasteiger partial charge >= 0.3 is 0 Å². The molecule has 0 N–H and O–H groups in total. The van der Waals surface area contributed by atoms with E-state index >= 15 is 0 Å². The van der Waals surface area contributed by atoms with Crippen molar-refractivity contribution in [2.75, 3.05) is 6.61 Å². The van der Waals surface area contributed by atoms with Gasteiger partial charge in [-0.05, 0) is 18.6 Å². The highest BCUT2D eigenvalue weighted by atomic mass is 35.5. The van der Waals surface area contributed by atoms with Crippen LogP contribution in [-0.2, 0) is 13.0 Å². The van der Waals surface area contributed by atoms with Crippen LogP contribution in [0.1, 0.15) is 19.2 Å². The fourth-order valence-electron chi connectivity index (χ4n) is 1.92. The van der Waals surface area contributed by atoms with Crippen LogP contribution in [0, 0.1) is 0 Å². The lowest BCUT2D eigenvalue weighted by molar-refractivity contribution is 0.317. The summed E-state index contributed by atoms with van der Waals surface area (Å²) in [5.41, 5.74) is 0. The highest BCUT2D eigenvalue weighted by Crippen LogP contribution is 2.35. The largest absolute Gasteiger partial charge is 0.490 e. The van der Waals surface area contributed by atoms with Crippen LogP contribution in [0.3, 0.4) is 0 Å². The summed E-state index contributed by atoms with van der Waals surface area (Å²) >= 11 is 18.0. The van der Waals surface area contributed by atoms with Crippen LogP contribution in [-0.4, -0.2) is 16.2 Å². The Kier molecular flexibility index (Phi) is 5.58. The molecule has 2 aromatic rings. The summed E-state index contributed by atoms with van der Waals surface area (Å²) in [6.07, 6.45) is 5.54. The summed E-state index contributed by atoms with van der Waals surface area (Å²) in [4.78, 5) is 4.32. The first-order valence-corrected chi connectivity index (χ1v) is 7.52. The summed E-state index contributed by atoms with van der Waals surface area (Å²) in [5.74, 6) is 1.46. The Morgan fingerprint density at radius 3 is 2.55 bits per heavy atom. The number of aromatic nitrogens is 2. The Morgan fingerprint density at radius 1 is 1.20 bits per heavy atom. The first-order chi connectivity index (χ1) is 9.61. The second-order valence-corrected chi connectivity index (χ2v) is 5.58. The third kappa shape index (κ3) is 3.81. The lowest BCUT2D eigenvalue weighted by Crippen LogP contribution is -2.08. The summed E-state index contributed by atoms with van der Waals surface area (Å²) in [7, 11) is 0. The SMILES string of the molecule is CCCn1ccnc1CCOc1c(Cl)cc(Cl)cc1Cl. The van der Waals surface area contributed by atoms with E-state index in [1.165, 1.54) is 0 Å². The maximum Gasteiger partial charge on any atom is 0.156 e. The zero-order chi connectivity index (χ0) is 14.5. The Labute approximate surface area is 133 Å². The Hall–Kier alpha value is -0.900. The van der Waals surface area contributed by atoms with E-state index in [2.05, 4.69) is 16.5 Å². The van der Waals surface area contributed by atoms with Crippen molar-refractivity contribution in [3.63, 3.8) is 0 Å². The molecule has 0 spiro atoms. The summed E-state index contributed by atoms with van der Waals surface area (Å²) in [5, 5.41) is 1.32. The first-order valence-electron chi connectivity index (χ1n) is 6.39. The standard InChI is InChI=1S/C14H15Cl3N2O/c1-2-5-19-6-4-18-13(19)3-7-20-14-11(16)8-10(15)9-12(14)17/h4,6,8-9H,2-3,5,7H2,1H3. The molecular weight excluding hydrogens is 319 g/mol. The lowest BCUT2D eigenvalue weighted by atomic mass is 10.3. The molecule has 1 aromatic carbocycles. The van der Waals surface area contributed by atoms with E-state index < -0.39 is 0 Å². The van der Waals surface area contributed by atoms with Crippen molar-refractivity contribution in [1.82, 2.24) is 9.55 Å². The van der Waals surface area contributed by atoms with Crippen LogP contribution in [0.15, 0.2) is 24.5 Å². The number of hydrogen-bond donors (Lipinski definition) is 0. The molecule has 0 atom stereocenters. The molecule has 0 saturated carbocycles. The molecule has 0 aliphatic rings. The molecule has 108 valence electrons. The van der Waals surface area contributed by atoms with Crippen molar-refractivity contribution in [2.45, 2.75) is 26.3 Å². The topological polar surface area (TPSA) is 27.1 Å². The zero-order valence-corrected chi connectivity index (χ0v) is 13.3. The van der Waals surface area contributed by atoms with Crippen molar-refractivity contribution in [3.05, 3.63) is 45.4 Å². The minimum Gasteiger partial charge on any atom is -0.490 e. The molecule has 0 aliphatic heterocycles. The molecule has 2 rings (SSSR count). The minimum atomic E-state index is 0.416. The number of aryl methyl sites for hydroxylation is 1. The summed E-state index contributed by atoms with van der Waals surface area (Å²) in [6, 6.07) is 3.23. The van der Waals surface area contributed by atoms with Crippen molar-refractivity contribution < 1.29 is 4.74 Å². The van der Waals surface area contributed by atoms with Gasteiger partial charge in [-0.2, -0.15) is 0 Å². The number of ether oxygens (including phenoxy) is 1. The van der Waals surface area contributed by atoms with E-state index in [1.54, 1.807) is 18.3 Å². The predicted octanol–water partition coefficient (Wildman–Crippen LogP) is 4.87. The van der Waals surface area contributed by atoms with Gasteiger partial charge in [0.15, 0.2) is 5.75 Å². The number of imidazole rings is 1. The van der Waals surface area contributed by atoms with Gasteiger partial charge < -0.3 is 9.30 Å². The monoisotopic (exact) mass is 332 g/mol. The molecular formula is C14H15Cl3N2O. The van der Waals surface area contributed by atoms with Crippen molar-refractivity contribution in [1.29, 1.82) is 0 Å². The van der Waals surface area contributed by atoms with E-state index in [0.717, 1.165) is 18.8 Å². The second-order valence-electron chi connectivity index (χ2n) is 4.33. The van der Waals surface area contributed by atoms with Crippen molar-refractivity contribution >= 4 is 34.8 Å². The van der Waals surface area contributed by atoms with E-state index in [-0.39, 0.29) is 0 Å². The molecule has 0 bridgehead atoms. The van der Waals surface area contributed by atoms with Gasteiger partial charge in [0.1, 0.15) is 5.82 Å². The predicted molar refractivity (Wildman–Crippen MR) is 83.2 cm³/mol. The van der Waals surface area contributed by atoms with Gasteiger partial charge in [0.2, 0.25) is 0 Å². The number of benzene rings is 1. The number of halogens is 3. The number of rotatable bonds is 6. The van der Waals surface area contributed by atoms with Crippen molar-refractivity contribution in [2.24, 2.45) is 0 Å². The van der Waals surface area contributed by atoms with Crippen LogP contribution >= 0.6 is 34.8 Å². The molecule has 3 nitrogen and oxygen atoms in total. The van der Waals surface area contributed by atoms with Gasteiger partial charge in [0.05, 0.1) is 16.7 Å². The van der Waals surface area contributed by atoms with Gasteiger partial charge in [-0.25, -0.2) is 4.98 Å². The lowest BCUT2D eigenvalue weighted by Gasteiger charge is -2.11. The van der Waals surface area contributed by atoms with E-state index in [1.807, 2.05) is 6.20 Å². The molecule has 0 radical (unpaired) electrons. The molecule has 6 heteroatoms. The van der Waals surface area contributed by atoms with Crippen LogP contribution in [0.4, 0.5) is 0 Å². The third-order valence-electron chi connectivity index (χ3n) is 2.80. The van der Waals surface area contributed by atoms with E-state index in [9.17, 15) is 0 Å². The molecule has 20 heavy (non-hydrogen) atoms. The molecule has 0 fully saturated rings. The van der Waals surface area contributed by atoms with Crippen LogP contribution in [0.25, 0.3) is 0 Å². The molecule has 0 aliphatic carbocycles. The molecule has 0 saturated heterocycles. The van der Waals surface area contributed by atoms with Crippen LogP contribution < -0.4 is 4.74 Å². The average Bonchev–Trinajstić information content (AvgIpc) is 2.80. The third-order valence-corrected chi connectivity index (χ3v) is 3.58. The van der Waals surface area contributed by atoms with Gasteiger partial charge in [0, 0.05) is 30.4 Å². The summed E-state index contributed by atoms with van der Waals surface area (Å²) < 4.78 is 7.77. The smallest absolute Gasteiger partial charge is 0.156 e. The molecule has 1 heterocycles. The fourth-order valence-corrected chi connectivity index (χ4v) is 2.85. The minimum absolute atomic E-state index is 0.416. The van der Waals surface area contributed by atoms with Gasteiger partial charge in [0.25, 0.3) is 0 Å². The Bertz CT molecular complexity index is 561. The maximum absolute atomic E-state index is 6.06. The zero-order valence-electron chi connectivity index (χ0n) is 11.1. The molecule has 0 amide bonds. The Balaban J connectivity index is 1.98. The normalized spacial score (nSPS) is 10.8. The van der Waals surface area contributed by atoms with Crippen LogP contribution in [0.5, 0.6) is 5.75 Å².